The molecular formula is C36H45N5O5. The van der Waals surface area contributed by atoms with E-state index in [0.29, 0.717) is 58.3 Å². The predicted octanol–water partition coefficient (Wildman–Crippen LogP) is 4.31. The summed E-state index contributed by atoms with van der Waals surface area (Å²) in [6.07, 6.45) is 1.59. The minimum atomic E-state index is -0.916. The lowest BCUT2D eigenvalue weighted by atomic mass is 9.87. The molecule has 1 unspecified atom stereocenters. The molecule has 3 aromatic carbocycles. The molecule has 10 heteroatoms. The lowest BCUT2D eigenvalue weighted by Crippen LogP contribution is -2.51. The Morgan fingerprint density at radius 3 is 2.52 bits per heavy atom. The number of aromatic hydroxyl groups is 1. The Bertz CT molecular complexity index is 1620. The van der Waals surface area contributed by atoms with Gasteiger partial charge in [0.25, 0.3) is 5.91 Å². The molecule has 10 nitrogen and oxygen atoms in total. The van der Waals surface area contributed by atoms with E-state index < -0.39 is 5.54 Å². The quantitative estimate of drug-likeness (QED) is 0.333. The molecule has 4 saturated heterocycles. The van der Waals surface area contributed by atoms with Crippen molar-refractivity contribution in [2.24, 2.45) is 5.92 Å². The van der Waals surface area contributed by atoms with Gasteiger partial charge in [-0.1, -0.05) is 43.3 Å². The second-order valence-corrected chi connectivity index (χ2v) is 13.4. The van der Waals surface area contributed by atoms with Gasteiger partial charge in [0.2, 0.25) is 0 Å². The molecule has 4 heterocycles. The monoisotopic (exact) mass is 627 g/mol. The molecule has 4 aliphatic rings. The van der Waals surface area contributed by atoms with Gasteiger partial charge in [-0.2, -0.15) is 0 Å². The van der Waals surface area contributed by atoms with Crippen molar-refractivity contribution in [2.75, 3.05) is 78.1 Å². The Morgan fingerprint density at radius 1 is 1.00 bits per heavy atom. The van der Waals surface area contributed by atoms with Crippen molar-refractivity contribution in [3.63, 3.8) is 0 Å². The number of anilines is 1. The Kier molecular flexibility index (Phi) is 8.29. The molecule has 0 radical (unpaired) electrons. The number of benzene rings is 3. The molecule has 244 valence electrons. The SMILES string of the molecule is CCCOc1ccc(CN2C[C@@H]3C[C@@H](c4ccc(N(C)C)c5ccccc45)N4C(=O)N(CCN5CCOCC5)C(=O)C34C2)cc1O. The summed E-state index contributed by atoms with van der Waals surface area (Å²) in [6, 6.07) is 17.9. The van der Waals surface area contributed by atoms with Crippen molar-refractivity contribution in [3.05, 3.63) is 65.7 Å². The number of fused-ring (bicyclic) bond motifs is 1. The predicted molar refractivity (Wildman–Crippen MR) is 177 cm³/mol. The van der Waals surface area contributed by atoms with E-state index in [1.807, 2.05) is 38.1 Å². The van der Waals surface area contributed by atoms with E-state index in [2.05, 4.69) is 51.1 Å². The number of likely N-dealkylation sites (tertiary alicyclic amines) is 1. The number of hydrogen-bond donors (Lipinski definition) is 1. The van der Waals surface area contributed by atoms with Crippen molar-refractivity contribution in [2.45, 2.75) is 37.9 Å². The number of rotatable bonds is 10. The molecule has 0 aromatic heterocycles. The highest BCUT2D eigenvalue weighted by atomic mass is 16.5. The Hall–Kier alpha value is -3.86. The number of imide groups is 1. The summed E-state index contributed by atoms with van der Waals surface area (Å²) in [5, 5.41) is 12.9. The molecule has 3 aromatic rings. The summed E-state index contributed by atoms with van der Waals surface area (Å²) >= 11 is 0. The van der Waals surface area contributed by atoms with Crippen molar-refractivity contribution >= 4 is 28.4 Å². The van der Waals surface area contributed by atoms with Crippen LogP contribution in [0.3, 0.4) is 0 Å². The van der Waals surface area contributed by atoms with Crippen molar-refractivity contribution < 1.29 is 24.2 Å². The van der Waals surface area contributed by atoms with Crippen LogP contribution in [0.25, 0.3) is 10.8 Å². The molecular weight excluding hydrogens is 582 g/mol. The first-order valence-corrected chi connectivity index (χ1v) is 16.6. The largest absolute Gasteiger partial charge is 0.504 e. The molecule has 7 rings (SSSR count). The lowest BCUT2D eigenvalue weighted by Gasteiger charge is -2.32. The Morgan fingerprint density at radius 2 is 1.78 bits per heavy atom. The van der Waals surface area contributed by atoms with E-state index in [9.17, 15) is 14.7 Å². The van der Waals surface area contributed by atoms with Crippen LogP contribution < -0.4 is 9.64 Å². The normalized spacial score (nSPS) is 25.0. The zero-order chi connectivity index (χ0) is 32.0. The molecule has 3 amide bonds. The summed E-state index contributed by atoms with van der Waals surface area (Å²) < 4.78 is 11.2. The van der Waals surface area contributed by atoms with Gasteiger partial charge in [0.15, 0.2) is 11.5 Å². The summed E-state index contributed by atoms with van der Waals surface area (Å²) in [7, 11) is 4.09. The van der Waals surface area contributed by atoms with Gasteiger partial charge in [0.05, 0.1) is 25.9 Å². The van der Waals surface area contributed by atoms with Gasteiger partial charge >= 0.3 is 6.03 Å². The third-order valence-electron chi connectivity index (χ3n) is 10.3. The zero-order valence-corrected chi connectivity index (χ0v) is 27.2. The average molecular weight is 628 g/mol. The smallest absolute Gasteiger partial charge is 0.328 e. The number of phenolic OH excluding ortho intramolecular Hbond substituents is 1. The molecule has 0 saturated carbocycles. The molecule has 0 bridgehead atoms. The van der Waals surface area contributed by atoms with Gasteiger partial charge in [-0.05, 0) is 47.6 Å². The fourth-order valence-corrected chi connectivity index (χ4v) is 8.18. The third kappa shape index (κ3) is 5.16. The van der Waals surface area contributed by atoms with Crippen LogP contribution in [0.4, 0.5) is 10.5 Å². The number of amides is 3. The van der Waals surface area contributed by atoms with E-state index >= 15 is 0 Å². The molecule has 4 fully saturated rings. The van der Waals surface area contributed by atoms with Crippen molar-refractivity contribution in [3.8, 4) is 11.5 Å². The van der Waals surface area contributed by atoms with Gasteiger partial charge in [-0.3, -0.25) is 19.5 Å². The minimum Gasteiger partial charge on any atom is -0.504 e. The highest BCUT2D eigenvalue weighted by Gasteiger charge is 2.70. The van der Waals surface area contributed by atoms with Crippen LogP contribution in [0, 0.1) is 5.92 Å². The summed E-state index contributed by atoms with van der Waals surface area (Å²) in [5.74, 6) is 0.535. The van der Waals surface area contributed by atoms with Gasteiger partial charge in [-0.15, -0.1) is 0 Å². The molecule has 4 aliphatic heterocycles. The van der Waals surface area contributed by atoms with Gasteiger partial charge < -0.3 is 24.4 Å². The van der Waals surface area contributed by atoms with Crippen LogP contribution in [0.15, 0.2) is 54.6 Å². The minimum absolute atomic E-state index is 0.00428. The number of nitrogens with zero attached hydrogens (tertiary/aromatic N) is 5. The van der Waals surface area contributed by atoms with E-state index in [0.717, 1.165) is 53.5 Å². The second kappa shape index (κ2) is 12.4. The summed E-state index contributed by atoms with van der Waals surface area (Å²) in [6.45, 7) is 8.32. The van der Waals surface area contributed by atoms with Crippen LogP contribution in [0.1, 0.15) is 36.9 Å². The van der Waals surface area contributed by atoms with Crippen LogP contribution in [-0.4, -0.2) is 115 Å². The van der Waals surface area contributed by atoms with Crippen LogP contribution in [0.2, 0.25) is 0 Å². The number of carbonyl (C=O) groups excluding carboxylic acids is 2. The van der Waals surface area contributed by atoms with Gasteiger partial charge in [0, 0.05) is 76.9 Å². The molecule has 3 atom stereocenters. The highest BCUT2D eigenvalue weighted by Crippen LogP contribution is 2.56. The third-order valence-corrected chi connectivity index (χ3v) is 10.3. The molecule has 46 heavy (non-hydrogen) atoms. The standard InChI is InChI=1S/C36H45N5O5/c1-4-17-46-33-12-9-25(20-32(33)42)22-39-23-26-21-31(29-10-11-30(37(2)3)28-8-6-5-7-27(28)29)41-35(44)40(34(43)36(26,41)24-39)14-13-38-15-18-45-19-16-38/h5-12,20,26,31,42H,4,13-19,21-24H2,1-3H3/t26-,31-,36?/m0/s1. The highest BCUT2D eigenvalue weighted by molar-refractivity contribution is 6.09. The topological polar surface area (TPSA) is 89.0 Å². The fraction of sp³-hybridized carbons (Fsp3) is 0.500. The molecule has 0 aliphatic carbocycles. The van der Waals surface area contributed by atoms with Crippen LogP contribution >= 0.6 is 0 Å². The number of carbonyl (C=O) groups is 2. The summed E-state index contributed by atoms with van der Waals surface area (Å²) in [5.41, 5.74) is 2.27. The van der Waals surface area contributed by atoms with Crippen molar-refractivity contribution in [1.82, 2.24) is 19.6 Å². The lowest BCUT2D eigenvalue weighted by molar-refractivity contribution is -0.133. The number of ether oxygens (including phenoxy) is 2. The summed E-state index contributed by atoms with van der Waals surface area (Å²) in [4.78, 5) is 39.2. The van der Waals surface area contributed by atoms with Crippen molar-refractivity contribution in [1.29, 1.82) is 0 Å². The molecule has 1 N–H and O–H groups in total. The maximum atomic E-state index is 14.6. The number of phenols is 1. The van der Waals surface area contributed by atoms with Crippen LogP contribution in [0.5, 0.6) is 11.5 Å². The Balaban J connectivity index is 1.21. The number of hydrogen-bond acceptors (Lipinski definition) is 8. The second-order valence-electron chi connectivity index (χ2n) is 13.4. The zero-order valence-electron chi connectivity index (χ0n) is 27.2. The first-order valence-electron chi connectivity index (χ1n) is 16.6. The number of urea groups is 1. The van der Waals surface area contributed by atoms with Gasteiger partial charge in [-0.25, -0.2) is 4.79 Å². The maximum Gasteiger partial charge on any atom is 0.328 e. The Labute approximate surface area is 271 Å². The number of morpholine rings is 1. The van der Waals surface area contributed by atoms with E-state index in [1.165, 1.54) is 4.90 Å². The first kappa shape index (κ1) is 30.8. The van der Waals surface area contributed by atoms with Crippen LogP contribution in [-0.2, 0) is 16.1 Å². The maximum absolute atomic E-state index is 14.6. The van der Waals surface area contributed by atoms with Gasteiger partial charge in [0.1, 0.15) is 5.54 Å². The molecule has 1 spiro atoms. The van der Waals surface area contributed by atoms with E-state index in [1.54, 1.807) is 6.07 Å². The van der Waals surface area contributed by atoms with E-state index in [4.69, 9.17) is 9.47 Å². The fourth-order valence-electron chi connectivity index (χ4n) is 8.18. The average Bonchev–Trinajstić information content (AvgIpc) is 3.63. The van der Waals surface area contributed by atoms with E-state index in [-0.39, 0.29) is 29.6 Å². The first-order chi connectivity index (χ1) is 22.3.